The van der Waals surface area contributed by atoms with Crippen LogP contribution in [0.4, 0.5) is 4.39 Å². The van der Waals surface area contributed by atoms with Gasteiger partial charge in [0.25, 0.3) is 0 Å². The lowest BCUT2D eigenvalue weighted by Gasteiger charge is -2.02. The minimum absolute atomic E-state index is 0.0752. The highest BCUT2D eigenvalue weighted by Gasteiger charge is 2.08. The van der Waals surface area contributed by atoms with Gasteiger partial charge in [0.05, 0.1) is 10.9 Å². The molecule has 0 radical (unpaired) electrons. The molecule has 14 heavy (non-hydrogen) atoms. The molecule has 2 rings (SSSR count). The molecule has 1 aromatic carbocycles. The number of halogens is 2. The Morgan fingerprint density at radius 2 is 2.14 bits per heavy atom. The summed E-state index contributed by atoms with van der Waals surface area (Å²) >= 11 is 5.65. The van der Waals surface area contributed by atoms with Crippen LogP contribution in [0.2, 0.25) is 5.02 Å². The molecule has 2 nitrogen and oxygen atoms in total. The number of rotatable bonds is 0. The molecule has 0 unspecified atom stereocenters. The summed E-state index contributed by atoms with van der Waals surface area (Å²) in [7, 11) is 0. The van der Waals surface area contributed by atoms with Crippen molar-refractivity contribution in [1.82, 2.24) is 4.98 Å². The Morgan fingerprint density at radius 1 is 1.43 bits per heavy atom. The summed E-state index contributed by atoms with van der Waals surface area (Å²) in [6.07, 6.45) is 1.30. The maximum Gasteiger partial charge on any atom is 0.208 e. The van der Waals surface area contributed by atoms with Crippen molar-refractivity contribution in [1.29, 1.82) is 0 Å². The van der Waals surface area contributed by atoms with E-state index in [9.17, 15) is 9.18 Å². The zero-order valence-corrected chi connectivity index (χ0v) is 8.15. The van der Waals surface area contributed by atoms with E-state index >= 15 is 0 Å². The van der Waals surface area contributed by atoms with Gasteiger partial charge >= 0.3 is 0 Å². The van der Waals surface area contributed by atoms with Gasteiger partial charge in [-0.15, -0.1) is 0 Å². The Bertz CT molecular complexity index is 562. The van der Waals surface area contributed by atoms with Crippen LogP contribution in [-0.4, -0.2) is 4.98 Å². The Morgan fingerprint density at radius 3 is 2.86 bits per heavy atom. The van der Waals surface area contributed by atoms with Crippen molar-refractivity contribution >= 4 is 22.5 Å². The Balaban J connectivity index is 3.09. The van der Waals surface area contributed by atoms with Crippen molar-refractivity contribution in [2.24, 2.45) is 0 Å². The molecule has 1 aromatic heterocycles. The summed E-state index contributed by atoms with van der Waals surface area (Å²) in [6, 6.07) is 2.88. The average molecular weight is 212 g/mol. The SMILES string of the molecule is Cc1ccc(F)c2[nH]cc(Cl)c(=O)c12. The lowest BCUT2D eigenvalue weighted by Crippen LogP contribution is -2.05. The number of aromatic nitrogens is 1. The molecule has 0 aliphatic heterocycles. The second-order valence-electron chi connectivity index (χ2n) is 3.08. The Labute approximate surface area is 84.3 Å². The summed E-state index contributed by atoms with van der Waals surface area (Å²) in [4.78, 5) is 14.2. The maximum atomic E-state index is 13.3. The predicted molar refractivity (Wildman–Crippen MR) is 54.3 cm³/mol. The summed E-state index contributed by atoms with van der Waals surface area (Å²) in [6.45, 7) is 1.74. The quantitative estimate of drug-likeness (QED) is 0.714. The molecule has 0 bridgehead atoms. The molecule has 0 atom stereocenters. The molecule has 0 aliphatic carbocycles. The highest BCUT2D eigenvalue weighted by atomic mass is 35.5. The fraction of sp³-hybridized carbons (Fsp3) is 0.100. The van der Waals surface area contributed by atoms with Gasteiger partial charge in [0.1, 0.15) is 10.8 Å². The molecule has 0 amide bonds. The van der Waals surface area contributed by atoms with Crippen LogP contribution in [0.3, 0.4) is 0 Å². The molecule has 1 N–H and O–H groups in total. The highest BCUT2D eigenvalue weighted by molar-refractivity contribution is 6.31. The fourth-order valence-electron chi connectivity index (χ4n) is 1.44. The summed E-state index contributed by atoms with van der Waals surface area (Å²) < 4.78 is 13.3. The number of benzene rings is 1. The van der Waals surface area contributed by atoms with Crippen LogP contribution in [-0.2, 0) is 0 Å². The van der Waals surface area contributed by atoms with Crippen LogP contribution in [0.1, 0.15) is 5.56 Å². The van der Waals surface area contributed by atoms with E-state index in [0.717, 1.165) is 0 Å². The third kappa shape index (κ3) is 1.21. The van der Waals surface area contributed by atoms with E-state index < -0.39 is 5.82 Å². The standard InChI is InChI=1S/C10H7ClFNO/c1-5-2-3-7(12)9-8(5)10(14)6(11)4-13-9/h2-4H,1H3,(H,13,14). The van der Waals surface area contributed by atoms with Gasteiger partial charge in [-0.25, -0.2) is 4.39 Å². The largest absolute Gasteiger partial charge is 0.357 e. The van der Waals surface area contributed by atoms with Crippen molar-refractivity contribution < 1.29 is 4.39 Å². The number of hydrogen-bond acceptors (Lipinski definition) is 1. The minimum atomic E-state index is -0.445. The molecule has 0 saturated carbocycles. The lowest BCUT2D eigenvalue weighted by atomic mass is 10.1. The van der Waals surface area contributed by atoms with E-state index in [2.05, 4.69) is 4.98 Å². The molecule has 0 aliphatic rings. The molecule has 72 valence electrons. The maximum absolute atomic E-state index is 13.3. The van der Waals surface area contributed by atoms with Gasteiger partial charge in [-0.2, -0.15) is 0 Å². The summed E-state index contributed by atoms with van der Waals surface area (Å²) in [5.74, 6) is -0.445. The molecule has 0 fully saturated rings. The normalized spacial score (nSPS) is 10.8. The molecule has 0 spiro atoms. The first-order valence-electron chi connectivity index (χ1n) is 4.07. The highest BCUT2D eigenvalue weighted by Crippen LogP contribution is 2.17. The number of pyridine rings is 1. The number of fused-ring (bicyclic) bond motifs is 1. The first-order chi connectivity index (χ1) is 6.61. The van der Waals surface area contributed by atoms with E-state index in [1.54, 1.807) is 13.0 Å². The van der Waals surface area contributed by atoms with Gasteiger partial charge in [0.15, 0.2) is 0 Å². The van der Waals surface area contributed by atoms with Crippen LogP contribution in [0, 0.1) is 12.7 Å². The molecular weight excluding hydrogens is 205 g/mol. The Hall–Kier alpha value is -1.35. The van der Waals surface area contributed by atoms with E-state index in [4.69, 9.17) is 11.6 Å². The van der Waals surface area contributed by atoms with Crippen molar-refractivity contribution in [2.45, 2.75) is 6.92 Å². The van der Waals surface area contributed by atoms with E-state index in [1.807, 2.05) is 0 Å². The number of aromatic amines is 1. The molecule has 1 heterocycles. The number of nitrogens with one attached hydrogen (secondary N) is 1. The van der Waals surface area contributed by atoms with Crippen LogP contribution < -0.4 is 5.43 Å². The van der Waals surface area contributed by atoms with Crippen LogP contribution in [0.5, 0.6) is 0 Å². The zero-order chi connectivity index (χ0) is 10.3. The first kappa shape index (κ1) is 9.21. The fourth-order valence-corrected chi connectivity index (χ4v) is 1.58. The van der Waals surface area contributed by atoms with Crippen LogP contribution in [0.25, 0.3) is 10.9 Å². The summed E-state index contributed by atoms with van der Waals surface area (Å²) in [5.41, 5.74) is 0.585. The zero-order valence-electron chi connectivity index (χ0n) is 7.40. The van der Waals surface area contributed by atoms with E-state index in [0.29, 0.717) is 10.9 Å². The topological polar surface area (TPSA) is 32.9 Å². The van der Waals surface area contributed by atoms with E-state index in [-0.39, 0.29) is 16.0 Å². The average Bonchev–Trinajstić information content (AvgIpc) is 2.16. The molecule has 4 heteroatoms. The van der Waals surface area contributed by atoms with Gasteiger partial charge in [0.2, 0.25) is 5.43 Å². The van der Waals surface area contributed by atoms with Crippen molar-refractivity contribution in [3.05, 3.63) is 45.0 Å². The minimum Gasteiger partial charge on any atom is -0.357 e. The van der Waals surface area contributed by atoms with Gasteiger partial charge < -0.3 is 4.98 Å². The molecule has 2 aromatic rings. The second kappa shape index (κ2) is 3.10. The third-order valence-electron chi connectivity index (χ3n) is 2.15. The van der Waals surface area contributed by atoms with Gasteiger partial charge in [-0.3, -0.25) is 4.79 Å². The lowest BCUT2D eigenvalue weighted by molar-refractivity contribution is 0.636. The molecule has 0 saturated heterocycles. The monoisotopic (exact) mass is 211 g/mol. The van der Waals surface area contributed by atoms with Crippen molar-refractivity contribution in [3.63, 3.8) is 0 Å². The second-order valence-corrected chi connectivity index (χ2v) is 3.49. The number of H-pyrrole nitrogens is 1. The van der Waals surface area contributed by atoms with Crippen molar-refractivity contribution in [2.75, 3.05) is 0 Å². The Kier molecular flexibility index (Phi) is 2.04. The number of hydrogen-bond donors (Lipinski definition) is 1. The first-order valence-corrected chi connectivity index (χ1v) is 4.45. The van der Waals surface area contributed by atoms with Gasteiger partial charge in [-0.05, 0) is 18.6 Å². The van der Waals surface area contributed by atoms with E-state index in [1.165, 1.54) is 12.3 Å². The number of aryl methyl sites for hydroxylation is 1. The smallest absolute Gasteiger partial charge is 0.208 e. The third-order valence-corrected chi connectivity index (χ3v) is 2.43. The van der Waals surface area contributed by atoms with Gasteiger partial charge in [0, 0.05) is 6.20 Å². The van der Waals surface area contributed by atoms with Gasteiger partial charge in [-0.1, -0.05) is 17.7 Å². The summed E-state index contributed by atoms with van der Waals surface area (Å²) in [5, 5.41) is 0.392. The predicted octanol–water partition coefficient (Wildman–Crippen LogP) is 2.63. The van der Waals surface area contributed by atoms with Crippen LogP contribution >= 0.6 is 11.6 Å². The van der Waals surface area contributed by atoms with Crippen LogP contribution in [0.15, 0.2) is 23.1 Å². The molecular formula is C10H7ClFNO. The van der Waals surface area contributed by atoms with Crippen molar-refractivity contribution in [3.8, 4) is 0 Å².